The van der Waals surface area contributed by atoms with Crippen LogP contribution in [0.4, 0.5) is 17.6 Å². The van der Waals surface area contributed by atoms with E-state index in [-0.39, 0.29) is 39.6 Å². The summed E-state index contributed by atoms with van der Waals surface area (Å²) in [5.41, 5.74) is 0. The Morgan fingerprint density at radius 1 is 0.692 bits per heavy atom. The lowest BCUT2D eigenvalue weighted by atomic mass is 10.3. The summed E-state index contributed by atoms with van der Waals surface area (Å²) in [6, 6.07) is 0. The summed E-state index contributed by atoms with van der Waals surface area (Å²) >= 11 is 0. The molecule has 0 N–H and O–H groups in total. The second-order valence-corrected chi connectivity index (χ2v) is 4.70. The molecule has 0 bridgehead atoms. The summed E-state index contributed by atoms with van der Waals surface area (Å²) in [5, 5.41) is 0. The molecule has 0 saturated carbocycles. The minimum Gasteiger partial charge on any atom is -0.459 e. The lowest BCUT2D eigenvalue weighted by molar-refractivity contribution is -0.325. The van der Waals surface area contributed by atoms with E-state index in [0.29, 0.717) is 13.2 Å². The van der Waals surface area contributed by atoms with Gasteiger partial charge in [-0.1, -0.05) is 0 Å². The molecule has 0 rings (SSSR count). The van der Waals surface area contributed by atoms with Gasteiger partial charge in [0.15, 0.2) is 0 Å². The number of hydrogen-bond acceptors (Lipinski definition) is 7. The van der Waals surface area contributed by atoms with Gasteiger partial charge in [0, 0.05) is 13.2 Å². The molecular weight excluding hydrogens is 368 g/mol. The average Bonchev–Trinajstić information content (AvgIpc) is 2.58. The number of esters is 1. The highest BCUT2D eigenvalue weighted by Crippen LogP contribution is 2.36. The van der Waals surface area contributed by atoms with Crippen LogP contribution in [0.25, 0.3) is 0 Å². The van der Waals surface area contributed by atoms with Crippen LogP contribution in [0.1, 0.15) is 13.8 Å². The maximum absolute atomic E-state index is 14.0. The summed E-state index contributed by atoms with van der Waals surface area (Å²) in [6.07, 6.45) is -5.59. The molecule has 0 aliphatic rings. The number of carbonyl (C=O) groups is 1. The Balaban J connectivity index is 4.20. The SMILES string of the molecule is CCOCCOCCOC(=O)C(F)(OCCOCCOCC)C(F)(F)F. The molecule has 0 fully saturated rings. The van der Waals surface area contributed by atoms with Gasteiger partial charge in [0.25, 0.3) is 0 Å². The average molecular weight is 394 g/mol. The fraction of sp³-hybridized carbons (Fsp3) is 0.933. The standard InChI is InChI=1S/C15H26F4O7/c1-3-21-5-7-23-9-11-25-13(20)14(16,15(17,18)19)26-12-10-24-8-6-22-4-2/h3-12H2,1-2H3. The maximum atomic E-state index is 14.0. The molecule has 0 saturated heterocycles. The third-order valence-corrected chi connectivity index (χ3v) is 2.77. The second-order valence-electron chi connectivity index (χ2n) is 4.70. The molecule has 0 aromatic rings. The number of hydrogen-bond donors (Lipinski definition) is 0. The lowest BCUT2D eigenvalue weighted by Crippen LogP contribution is -2.52. The van der Waals surface area contributed by atoms with Crippen LogP contribution in [-0.2, 0) is 33.2 Å². The molecule has 1 unspecified atom stereocenters. The van der Waals surface area contributed by atoms with Crippen molar-refractivity contribution in [2.45, 2.75) is 25.9 Å². The summed E-state index contributed by atoms with van der Waals surface area (Å²) in [7, 11) is 0. The van der Waals surface area contributed by atoms with E-state index in [1.165, 1.54) is 0 Å². The first-order valence-electron chi connectivity index (χ1n) is 8.17. The summed E-state index contributed by atoms with van der Waals surface area (Å²) in [6.45, 7) is 3.40. The van der Waals surface area contributed by atoms with Crippen molar-refractivity contribution in [2.75, 3.05) is 66.1 Å². The third-order valence-electron chi connectivity index (χ3n) is 2.77. The molecule has 1 atom stereocenters. The molecule has 0 aliphatic heterocycles. The Morgan fingerprint density at radius 2 is 1.12 bits per heavy atom. The summed E-state index contributed by atoms with van der Waals surface area (Å²) in [5.74, 6) is -6.76. The van der Waals surface area contributed by atoms with E-state index in [9.17, 15) is 22.4 Å². The van der Waals surface area contributed by atoms with Gasteiger partial charge in [-0.15, -0.1) is 0 Å². The van der Waals surface area contributed by atoms with Crippen molar-refractivity contribution in [3.05, 3.63) is 0 Å². The zero-order valence-electron chi connectivity index (χ0n) is 14.9. The van der Waals surface area contributed by atoms with Crippen molar-refractivity contribution in [3.63, 3.8) is 0 Å². The first-order valence-corrected chi connectivity index (χ1v) is 8.17. The predicted molar refractivity (Wildman–Crippen MR) is 81.4 cm³/mol. The quantitative estimate of drug-likeness (QED) is 0.225. The van der Waals surface area contributed by atoms with E-state index in [1.54, 1.807) is 13.8 Å². The molecule has 0 aliphatic carbocycles. The van der Waals surface area contributed by atoms with Gasteiger partial charge in [-0.25, -0.2) is 4.79 Å². The van der Waals surface area contributed by atoms with Gasteiger partial charge in [0.1, 0.15) is 6.61 Å². The minimum absolute atomic E-state index is 0.103. The summed E-state index contributed by atoms with van der Waals surface area (Å²) in [4.78, 5) is 11.5. The fourth-order valence-corrected chi connectivity index (χ4v) is 1.51. The van der Waals surface area contributed by atoms with Crippen molar-refractivity contribution in [1.82, 2.24) is 0 Å². The van der Waals surface area contributed by atoms with Gasteiger partial charge in [0.2, 0.25) is 0 Å². The van der Waals surface area contributed by atoms with Crippen molar-refractivity contribution in [3.8, 4) is 0 Å². The van der Waals surface area contributed by atoms with Gasteiger partial charge >= 0.3 is 18.0 Å². The monoisotopic (exact) mass is 394 g/mol. The number of alkyl halides is 4. The molecule has 0 heterocycles. The number of halogens is 4. The van der Waals surface area contributed by atoms with Crippen LogP contribution in [0, 0.1) is 0 Å². The Hall–Kier alpha value is -1.01. The van der Waals surface area contributed by atoms with Crippen molar-refractivity contribution < 1.29 is 50.8 Å². The molecule has 26 heavy (non-hydrogen) atoms. The molecule has 7 nitrogen and oxygen atoms in total. The van der Waals surface area contributed by atoms with E-state index in [2.05, 4.69) is 9.47 Å². The third kappa shape index (κ3) is 10.2. The van der Waals surface area contributed by atoms with Crippen LogP contribution in [0.5, 0.6) is 0 Å². The number of ether oxygens (including phenoxy) is 6. The van der Waals surface area contributed by atoms with Gasteiger partial charge in [-0.2, -0.15) is 17.6 Å². The van der Waals surface area contributed by atoms with Crippen LogP contribution in [0.15, 0.2) is 0 Å². The molecule has 0 radical (unpaired) electrons. The Labute approximate surface area is 149 Å². The van der Waals surface area contributed by atoms with Gasteiger partial charge in [-0.3, -0.25) is 0 Å². The highest BCUT2D eigenvalue weighted by Gasteiger charge is 2.65. The largest absolute Gasteiger partial charge is 0.460 e. The van der Waals surface area contributed by atoms with Gasteiger partial charge < -0.3 is 28.4 Å². The molecular formula is C15H26F4O7. The van der Waals surface area contributed by atoms with Crippen molar-refractivity contribution in [1.29, 1.82) is 0 Å². The van der Waals surface area contributed by atoms with Crippen molar-refractivity contribution in [2.24, 2.45) is 0 Å². The Bertz CT molecular complexity index is 368. The first-order chi connectivity index (χ1) is 12.3. The Kier molecular flexibility index (Phi) is 13.6. The van der Waals surface area contributed by atoms with Crippen LogP contribution >= 0.6 is 0 Å². The highest BCUT2D eigenvalue weighted by atomic mass is 19.4. The van der Waals surface area contributed by atoms with Crippen LogP contribution in [0.2, 0.25) is 0 Å². The maximum Gasteiger partial charge on any atom is 0.460 e. The molecule has 0 spiro atoms. The molecule has 0 aromatic carbocycles. The summed E-state index contributed by atoms with van der Waals surface area (Å²) < 4.78 is 80.6. The first kappa shape index (κ1) is 25.0. The predicted octanol–water partition coefficient (Wildman–Crippen LogP) is 1.88. The topological polar surface area (TPSA) is 72.5 Å². The van der Waals surface area contributed by atoms with E-state index in [4.69, 9.17) is 18.9 Å². The van der Waals surface area contributed by atoms with E-state index in [1.807, 2.05) is 0 Å². The second kappa shape index (κ2) is 14.1. The van der Waals surface area contributed by atoms with E-state index < -0.39 is 31.2 Å². The van der Waals surface area contributed by atoms with Gasteiger partial charge in [-0.05, 0) is 13.8 Å². The lowest BCUT2D eigenvalue weighted by Gasteiger charge is -2.25. The molecule has 156 valence electrons. The highest BCUT2D eigenvalue weighted by molar-refractivity contribution is 5.78. The van der Waals surface area contributed by atoms with Crippen LogP contribution in [-0.4, -0.2) is 84.1 Å². The van der Waals surface area contributed by atoms with Crippen LogP contribution < -0.4 is 0 Å². The molecule has 11 heteroatoms. The normalized spacial score (nSPS) is 14.2. The molecule has 0 aromatic heterocycles. The zero-order chi connectivity index (χ0) is 19.9. The smallest absolute Gasteiger partial charge is 0.459 e. The Morgan fingerprint density at radius 3 is 1.58 bits per heavy atom. The molecule has 0 amide bonds. The van der Waals surface area contributed by atoms with E-state index >= 15 is 0 Å². The van der Waals surface area contributed by atoms with Gasteiger partial charge in [0.05, 0.1) is 46.2 Å². The number of rotatable bonds is 16. The number of carbonyl (C=O) groups excluding carboxylic acids is 1. The zero-order valence-corrected chi connectivity index (χ0v) is 14.9. The fourth-order valence-electron chi connectivity index (χ4n) is 1.51. The minimum atomic E-state index is -5.59. The van der Waals surface area contributed by atoms with E-state index in [0.717, 1.165) is 0 Å². The van der Waals surface area contributed by atoms with Crippen LogP contribution in [0.3, 0.4) is 0 Å². The van der Waals surface area contributed by atoms with Crippen molar-refractivity contribution >= 4 is 5.97 Å².